The number of nitrogens with zero attached hydrogens (tertiary/aromatic N) is 3. The molecule has 0 fully saturated rings. The largest absolute Gasteiger partial charge is 0.469 e. The van der Waals surface area contributed by atoms with Crippen molar-refractivity contribution < 1.29 is 23.0 Å². The average molecular weight is 392 g/mol. The van der Waals surface area contributed by atoms with Crippen molar-refractivity contribution in [3.05, 3.63) is 65.1 Å². The van der Waals surface area contributed by atoms with Crippen LogP contribution in [0, 0.1) is 11.6 Å². The topological polar surface area (TPSA) is 74.2 Å². The van der Waals surface area contributed by atoms with E-state index in [4.69, 9.17) is 16.3 Å². The van der Waals surface area contributed by atoms with E-state index in [1.54, 1.807) is 6.07 Å². The molecule has 27 heavy (non-hydrogen) atoms. The molecule has 0 aliphatic carbocycles. The number of ether oxygens (including phenoxy) is 2. The van der Waals surface area contributed by atoms with Gasteiger partial charge in [-0.15, -0.1) is 0 Å². The molecular formula is C18H12ClF2N3O3. The first-order valence-corrected chi connectivity index (χ1v) is 8.01. The van der Waals surface area contributed by atoms with Crippen molar-refractivity contribution >= 4 is 17.6 Å². The standard InChI is InChI=1S/C18H12ClF2N3O3/c1-26-16(25)8-12-4-5-22-17(24-12)10-2-3-15(13(20)6-10)27-18-14(21)7-11(19)9-23-18/h2-7,9H,8H2,1H3. The van der Waals surface area contributed by atoms with Crippen LogP contribution in [0.25, 0.3) is 11.4 Å². The fraction of sp³-hybridized carbons (Fsp3) is 0.111. The number of halogens is 3. The first kappa shape index (κ1) is 18.7. The normalized spacial score (nSPS) is 10.5. The van der Waals surface area contributed by atoms with Crippen LogP contribution in [0.2, 0.25) is 5.02 Å². The van der Waals surface area contributed by atoms with Gasteiger partial charge in [-0.1, -0.05) is 11.6 Å². The van der Waals surface area contributed by atoms with Crippen molar-refractivity contribution in [2.75, 3.05) is 7.11 Å². The van der Waals surface area contributed by atoms with Crippen molar-refractivity contribution in [1.82, 2.24) is 15.0 Å². The number of carbonyl (C=O) groups is 1. The monoisotopic (exact) mass is 391 g/mol. The minimum atomic E-state index is -0.815. The molecule has 0 saturated heterocycles. The number of pyridine rings is 1. The van der Waals surface area contributed by atoms with Crippen molar-refractivity contribution in [3.63, 3.8) is 0 Å². The molecule has 0 unspecified atom stereocenters. The van der Waals surface area contributed by atoms with Gasteiger partial charge in [0, 0.05) is 18.0 Å². The van der Waals surface area contributed by atoms with Gasteiger partial charge in [-0.05, 0) is 30.3 Å². The Kier molecular flexibility index (Phi) is 5.56. The molecule has 0 N–H and O–H groups in total. The smallest absolute Gasteiger partial charge is 0.311 e. The lowest BCUT2D eigenvalue weighted by molar-refractivity contribution is -0.139. The molecule has 138 valence electrons. The lowest BCUT2D eigenvalue weighted by Crippen LogP contribution is -2.07. The zero-order valence-corrected chi connectivity index (χ0v) is 14.7. The predicted molar refractivity (Wildman–Crippen MR) is 92.4 cm³/mol. The summed E-state index contributed by atoms with van der Waals surface area (Å²) in [6.45, 7) is 0. The van der Waals surface area contributed by atoms with E-state index in [0.717, 1.165) is 12.1 Å². The fourth-order valence-corrected chi connectivity index (χ4v) is 2.30. The predicted octanol–water partition coefficient (Wildman–Crippen LogP) is 3.98. The second-order valence-corrected chi connectivity index (χ2v) is 5.75. The van der Waals surface area contributed by atoms with Crippen LogP contribution < -0.4 is 4.74 Å². The van der Waals surface area contributed by atoms with E-state index in [1.165, 1.54) is 31.6 Å². The molecule has 6 nitrogen and oxygen atoms in total. The summed E-state index contributed by atoms with van der Waals surface area (Å²) in [7, 11) is 1.27. The lowest BCUT2D eigenvalue weighted by Gasteiger charge is -2.08. The highest BCUT2D eigenvalue weighted by Gasteiger charge is 2.13. The first-order chi connectivity index (χ1) is 13.0. The number of aromatic nitrogens is 3. The SMILES string of the molecule is COC(=O)Cc1ccnc(-c2ccc(Oc3ncc(Cl)cc3F)c(F)c2)n1. The minimum Gasteiger partial charge on any atom is -0.469 e. The molecule has 0 radical (unpaired) electrons. The van der Waals surface area contributed by atoms with Crippen LogP contribution in [-0.2, 0) is 16.0 Å². The summed E-state index contributed by atoms with van der Waals surface area (Å²) in [5.74, 6) is -2.43. The molecule has 1 aromatic carbocycles. The van der Waals surface area contributed by atoms with E-state index in [-0.39, 0.29) is 23.0 Å². The fourth-order valence-electron chi connectivity index (χ4n) is 2.16. The highest BCUT2D eigenvalue weighted by molar-refractivity contribution is 6.30. The first-order valence-electron chi connectivity index (χ1n) is 7.64. The summed E-state index contributed by atoms with van der Waals surface area (Å²) in [5.41, 5.74) is 0.788. The molecule has 3 rings (SSSR count). The summed E-state index contributed by atoms with van der Waals surface area (Å²) in [6.07, 6.45) is 2.61. The van der Waals surface area contributed by atoms with Gasteiger partial charge in [-0.25, -0.2) is 23.7 Å². The molecule has 0 aliphatic heterocycles. The summed E-state index contributed by atoms with van der Waals surface area (Å²) in [5, 5.41) is 0.0969. The van der Waals surface area contributed by atoms with Crippen molar-refractivity contribution in [3.8, 4) is 23.0 Å². The number of hydrogen-bond acceptors (Lipinski definition) is 6. The summed E-state index contributed by atoms with van der Waals surface area (Å²) in [4.78, 5) is 23.3. The Hall–Kier alpha value is -3.13. The van der Waals surface area contributed by atoms with Crippen LogP contribution in [0.1, 0.15) is 5.69 Å². The van der Waals surface area contributed by atoms with Crippen LogP contribution >= 0.6 is 11.6 Å². The Bertz CT molecular complexity index is 1000. The molecule has 2 heterocycles. The second kappa shape index (κ2) is 8.05. The summed E-state index contributed by atoms with van der Waals surface area (Å²) >= 11 is 5.62. The van der Waals surface area contributed by atoms with Gasteiger partial charge in [-0.2, -0.15) is 0 Å². The van der Waals surface area contributed by atoms with Crippen LogP contribution in [0.3, 0.4) is 0 Å². The molecule has 0 bridgehead atoms. The number of carbonyl (C=O) groups excluding carboxylic acids is 1. The Morgan fingerprint density at radius 1 is 1.15 bits per heavy atom. The second-order valence-electron chi connectivity index (χ2n) is 5.31. The molecule has 0 atom stereocenters. The Labute approximate surface area is 157 Å². The zero-order chi connectivity index (χ0) is 19.4. The van der Waals surface area contributed by atoms with E-state index in [1.807, 2.05) is 0 Å². The highest BCUT2D eigenvalue weighted by Crippen LogP contribution is 2.29. The van der Waals surface area contributed by atoms with Gasteiger partial charge in [0.1, 0.15) is 0 Å². The third-order valence-electron chi connectivity index (χ3n) is 3.44. The Morgan fingerprint density at radius 3 is 2.67 bits per heavy atom. The summed E-state index contributed by atoms with van der Waals surface area (Å²) < 4.78 is 37.8. The van der Waals surface area contributed by atoms with Gasteiger partial charge in [0.15, 0.2) is 23.2 Å². The quantitative estimate of drug-likeness (QED) is 0.612. The van der Waals surface area contributed by atoms with E-state index < -0.39 is 23.5 Å². The third kappa shape index (κ3) is 4.53. The molecule has 2 aromatic heterocycles. The molecule has 0 aliphatic rings. The average Bonchev–Trinajstić information content (AvgIpc) is 2.65. The molecule has 0 amide bonds. The van der Waals surface area contributed by atoms with Gasteiger partial charge < -0.3 is 9.47 Å². The van der Waals surface area contributed by atoms with Gasteiger partial charge in [0.25, 0.3) is 5.88 Å². The van der Waals surface area contributed by atoms with Crippen molar-refractivity contribution in [2.24, 2.45) is 0 Å². The number of methoxy groups -OCH3 is 1. The van der Waals surface area contributed by atoms with Gasteiger partial charge in [0.2, 0.25) is 0 Å². The van der Waals surface area contributed by atoms with Crippen LogP contribution in [0.4, 0.5) is 8.78 Å². The minimum absolute atomic E-state index is 0.0305. The highest BCUT2D eigenvalue weighted by atomic mass is 35.5. The Balaban J connectivity index is 1.84. The molecule has 3 aromatic rings. The number of rotatable bonds is 5. The van der Waals surface area contributed by atoms with Gasteiger partial charge >= 0.3 is 5.97 Å². The number of benzene rings is 1. The van der Waals surface area contributed by atoms with Crippen molar-refractivity contribution in [1.29, 1.82) is 0 Å². The third-order valence-corrected chi connectivity index (χ3v) is 3.64. The molecule has 0 saturated carbocycles. The Morgan fingerprint density at radius 2 is 1.96 bits per heavy atom. The molecule has 9 heteroatoms. The lowest BCUT2D eigenvalue weighted by atomic mass is 10.2. The maximum absolute atomic E-state index is 14.4. The van der Waals surface area contributed by atoms with Gasteiger partial charge in [0.05, 0.1) is 24.2 Å². The van der Waals surface area contributed by atoms with E-state index in [2.05, 4.69) is 19.7 Å². The van der Waals surface area contributed by atoms with Crippen LogP contribution in [0.5, 0.6) is 11.6 Å². The summed E-state index contributed by atoms with van der Waals surface area (Å²) in [6, 6.07) is 6.51. The maximum atomic E-state index is 14.4. The van der Waals surface area contributed by atoms with E-state index in [9.17, 15) is 13.6 Å². The van der Waals surface area contributed by atoms with Gasteiger partial charge in [-0.3, -0.25) is 4.79 Å². The molecular weight excluding hydrogens is 380 g/mol. The molecule has 0 spiro atoms. The van der Waals surface area contributed by atoms with Crippen molar-refractivity contribution in [2.45, 2.75) is 6.42 Å². The number of esters is 1. The zero-order valence-electron chi connectivity index (χ0n) is 13.9. The van der Waals surface area contributed by atoms with Crippen LogP contribution in [-0.4, -0.2) is 28.0 Å². The van der Waals surface area contributed by atoms with E-state index in [0.29, 0.717) is 11.3 Å². The van der Waals surface area contributed by atoms with E-state index >= 15 is 0 Å². The maximum Gasteiger partial charge on any atom is 0.311 e. The van der Waals surface area contributed by atoms with Crippen LogP contribution in [0.15, 0.2) is 42.7 Å². The number of hydrogen-bond donors (Lipinski definition) is 0.